The minimum Gasteiger partial charge on any atom is -0.484 e. The van der Waals surface area contributed by atoms with E-state index in [1.807, 2.05) is 51.1 Å². The number of benzene rings is 2. The maximum Gasteiger partial charge on any atom is 0.416 e. The average Bonchev–Trinajstić information content (AvgIpc) is 3.67. The maximum atomic E-state index is 13.6. The number of anilines is 1. The van der Waals surface area contributed by atoms with E-state index >= 15 is 0 Å². The van der Waals surface area contributed by atoms with Crippen LogP contribution in [0.3, 0.4) is 0 Å². The van der Waals surface area contributed by atoms with Crippen LogP contribution < -0.4 is 15.4 Å². The number of hydrogen-bond donors (Lipinski definition) is 1. The van der Waals surface area contributed by atoms with Crippen molar-refractivity contribution in [3.63, 3.8) is 0 Å². The fraction of sp³-hybridized carbons (Fsp3) is 0.314. The Morgan fingerprint density at radius 3 is 2.31 bits per heavy atom. The van der Waals surface area contributed by atoms with Gasteiger partial charge >= 0.3 is 12.3 Å². The molecule has 3 aromatic heterocycles. The number of rotatable bonds is 7. The fourth-order valence-electron chi connectivity index (χ4n) is 5.66. The summed E-state index contributed by atoms with van der Waals surface area (Å²) in [6.45, 7) is 9.41. The lowest BCUT2D eigenvalue weighted by Gasteiger charge is -2.36. The van der Waals surface area contributed by atoms with Crippen LogP contribution in [-0.2, 0) is 10.9 Å². The largest absolute Gasteiger partial charge is 0.484 e. The van der Waals surface area contributed by atoms with Crippen LogP contribution in [0.5, 0.6) is 5.75 Å². The van der Waals surface area contributed by atoms with E-state index in [-0.39, 0.29) is 22.3 Å². The van der Waals surface area contributed by atoms with Crippen molar-refractivity contribution in [1.29, 1.82) is 0 Å². The molecule has 0 unspecified atom stereocenters. The fourth-order valence-corrected chi connectivity index (χ4v) is 6.59. The number of piperazine rings is 1. The van der Waals surface area contributed by atoms with Gasteiger partial charge in [-0.15, -0.1) is 11.3 Å². The molecule has 10 nitrogen and oxygen atoms in total. The van der Waals surface area contributed by atoms with Gasteiger partial charge in [-0.25, -0.2) is 14.8 Å². The van der Waals surface area contributed by atoms with Gasteiger partial charge in [0, 0.05) is 49.6 Å². The van der Waals surface area contributed by atoms with E-state index in [0.717, 1.165) is 39.9 Å². The number of hydrogen-bond acceptors (Lipinski definition) is 8. The first kappa shape index (κ1) is 33.8. The first-order chi connectivity index (χ1) is 23.2. The van der Waals surface area contributed by atoms with Gasteiger partial charge in [0.2, 0.25) is 0 Å². The molecular formula is C35H35F3N6O4S. The molecule has 14 heteroatoms. The van der Waals surface area contributed by atoms with Crippen LogP contribution in [0.4, 0.5) is 23.8 Å². The number of alkyl halides is 3. The van der Waals surface area contributed by atoms with Gasteiger partial charge in [0.1, 0.15) is 39.5 Å². The zero-order valence-corrected chi connectivity index (χ0v) is 28.1. The number of carbonyl (C=O) groups is 2. The molecule has 0 aliphatic carbocycles. The molecule has 2 N–H and O–H groups in total. The summed E-state index contributed by atoms with van der Waals surface area (Å²) >= 11 is 1.06. The van der Waals surface area contributed by atoms with E-state index in [1.54, 1.807) is 28.1 Å². The van der Waals surface area contributed by atoms with Gasteiger partial charge in [-0.2, -0.15) is 13.2 Å². The van der Waals surface area contributed by atoms with Gasteiger partial charge in [0.25, 0.3) is 5.91 Å². The van der Waals surface area contributed by atoms with Crippen molar-refractivity contribution >= 4 is 40.2 Å². The molecule has 256 valence electrons. The van der Waals surface area contributed by atoms with Crippen molar-refractivity contribution in [3.05, 3.63) is 89.2 Å². The van der Waals surface area contributed by atoms with E-state index in [1.165, 1.54) is 25.1 Å². The molecular weight excluding hydrogens is 657 g/mol. The lowest BCUT2D eigenvalue weighted by atomic mass is 10.0. The van der Waals surface area contributed by atoms with Crippen LogP contribution in [-0.4, -0.2) is 63.2 Å². The molecule has 0 radical (unpaired) electrons. The summed E-state index contributed by atoms with van der Waals surface area (Å²) in [4.78, 5) is 37.9. The van der Waals surface area contributed by atoms with Gasteiger partial charge < -0.3 is 25.0 Å². The summed E-state index contributed by atoms with van der Waals surface area (Å²) in [6.07, 6.45) is -2.48. The molecule has 4 heterocycles. The summed E-state index contributed by atoms with van der Waals surface area (Å²) in [7, 11) is 0. The number of primary amides is 1. The summed E-state index contributed by atoms with van der Waals surface area (Å²) < 4.78 is 54.1. The Morgan fingerprint density at radius 1 is 0.939 bits per heavy atom. The van der Waals surface area contributed by atoms with Gasteiger partial charge in [-0.3, -0.25) is 9.36 Å². The molecule has 2 amide bonds. The Balaban J connectivity index is 1.18. The number of ether oxygens (including phenoxy) is 2. The average molecular weight is 693 g/mol. The van der Waals surface area contributed by atoms with Gasteiger partial charge in [0.15, 0.2) is 0 Å². The summed E-state index contributed by atoms with van der Waals surface area (Å²) in [6, 6.07) is 16.5. The number of halogens is 3. The Bertz CT molecular complexity index is 1990. The first-order valence-electron chi connectivity index (χ1n) is 15.6. The Hall–Kier alpha value is -5.11. The third-order valence-electron chi connectivity index (χ3n) is 8.04. The molecule has 0 saturated carbocycles. The number of carbonyl (C=O) groups excluding carboxylic acids is 2. The number of nitrogens with zero attached hydrogens (tertiary/aromatic N) is 5. The predicted octanol–water partition coefficient (Wildman–Crippen LogP) is 7.46. The molecule has 1 saturated heterocycles. The number of amides is 2. The lowest BCUT2D eigenvalue weighted by Crippen LogP contribution is -2.50. The normalized spacial score (nSPS) is 14.6. The number of pyridine rings is 1. The Labute approximate surface area is 284 Å². The van der Waals surface area contributed by atoms with Crippen molar-refractivity contribution in [2.24, 2.45) is 5.73 Å². The van der Waals surface area contributed by atoms with Crippen LogP contribution in [0.25, 0.3) is 27.2 Å². The Morgan fingerprint density at radius 2 is 1.65 bits per heavy atom. The molecule has 5 aromatic rings. The summed E-state index contributed by atoms with van der Waals surface area (Å²) in [5, 5.41) is 0.563. The zero-order chi connectivity index (χ0) is 35.1. The highest BCUT2D eigenvalue weighted by Gasteiger charge is 2.35. The minimum atomic E-state index is -4.56. The maximum absolute atomic E-state index is 13.6. The number of aromatic nitrogens is 3. The first-order valence-corrected chi connectivity index (χ1v) is 16.4. The van der Waals surface area contributed by atoms with Gasteiger partial charge in [-0.1, -0.05) is 24.3 Å². The Kier molecular flexibility index (Phi) is 9.01. The number of fused-ring (bicyclic) bond motifs is 1. The molecule has 0 bridgehead atoms. The SMILES string of the molecule is C[C@@H](Oc1cc(-n2cnc3cc(-c4ccc(N5CCN(C(=O)OC(C)(C)C)CC5)nc4)ccc32)sc1C(N)=O)c1ccccc1C(F)(F)F. The molecule has 1 aliphatic heterocycles. The van der Waals surface area contributed by atoms with Crippen LogP contribution >= 0.6 is 11.3 Å². The number of thiophene rings is 1. The van der Waals surface area contributed by atoms with Crippen molar-refractivity contribution in [1.82, 2.24) is 19.4 Å². The standard InChI is InChI=1S/C35H35F3N6O4S/c1-21(24-7-5-6-8-25(24)35(36,37)38)47-28-18-30(49-31(28)32(39)45)44-20-41-26-17-22(9-11-27(26)44)23-10-12-29(40-19-23)42-13-15-43(16-14-42)33(46)48-34(2,3)4/h5-12,17-21H,13-16H2,1-4H3,(H2,39,45)/t21-/m1/s1. The molecule has 1 aliphatic rings. The quantitative estimate of drug-likeness (QED) is 0.188. The summed E-state index contributed by atoms with van der Waals surface area (Å²) in [5.41, 5.74) is 7.47. The van der Waals surface area contributed by atoms with Crippen molar-refractivity contribution in [2.45, 2.75) is 45.6 Å². The minimum absolute atomic E-state index is 0.0536. The number of imidazole rings is 1. The second kappa shape index (κ2) is 13.1. The predicted molar refractivity (Wildman–Crippen MR) is 181 cm³/mol. The second-order valence-corrected chi connectivity index (χ2v) is 13.7. The zero-order valence-electron chi connectivity index (χ0n) is 27.3. The highest BCUT2D eigenvalue weighted by Crippen LogP contribution is 2.39. The molecule has 6 rings (SSSR count). The molecule has 0 spiro atoms. The van der Waals surface area contributed by atoms with E-state index in [9.17, 15) is 22.8 Å². The summed E-state index contributed by atoms with van der Waals surface area (Å²) in [5.74, 6) is 0.151. The van der Waals surface area contributed by atoms with E-state index < -0.39 is 29.4 Å². The van der Waals surface area contributed by atoms with Crippen molar-refractivity contribution in [3.8, 4) is 21.9 Å². The highest BCUT2D eigenvalue weighted by atomic mass is 32.1. The third-order valence-corrected chi connectivity index (χ3v) is 9.17. The molecule has 1 fully saturated rings. The van der Waals surface area contributed by atoms with Crippen LogP contribution in [0.2, 0.25) is 0 Å². The highest BCUT2D eigenvalue weighted by molar-refractivity contribution is 7.16. The van der Waals surface area contributed by atoms with E-state index in [0.29, 0.717) is 36.7 Å². The van der Waals surface area contributed by atoms with Crippen LogP contribution in [0.1, 0.15) is 54.6 Å². The van der Waals surface area contributed by atoms with E-state index in [4.69, 9.17) is 15.2 Å². The molecule has 49 heavy (non-hydrogen) atoms. The van der Waals surface area contributed by atoms with Crippen molar-refractivity contribution < 1.29 is 32.2 Å². The second-order valence-electron chi connectivity index (χ2n) is 12.7. The lowest BCUT2D eigenvalue weighted by molar-refractivity contribution is -0.139. The third kappa shape index (κ3) is 7.33. The van der Waals surface area contributed by atoms with Gasteiger partial charge in [0.05, 0.1) is 16.6 Å². The monoisotopic (exact) mass is 692 g/mol. The molecule has 1 atom stereocenters. The van der Waals surface area contributed by atoms with Gasteiger partial charge in [-0.05, 0) is 63.6 Å². The van der Waals surface area contributed by atoms with Crippen LogP contribution in [0.15, 0.2) is 73.2 Å². The van der Waals surface area contributed by atoms with Crippen LogP contribution in [0, 0.1) is 0 Å². The van der Waals surface area contributed by atoms with Crippen molar-refractivity contribution in [2.75, 3.05) is 31.1 Å². The number of nitrogens with two attached hydrogens (primary N) is 1. The molecule has 2 aromatic carbocycles. The van der Waals surface area contributed by atoms with E-state index in [2.05, 4.69) is 14.9 Å². The topological polar surface area (TPSA) is 116 Å². The smallest absolute Gasteiger partial charge is 0.416 e.